The maximum absolute atomic E-state index is 10.3. The third kappa shape index (κ3) is 8.24. The number of carboxylic acids is 3. The van der Waals surface area contributed by atoms with E-state index >= 15 is 0 Å². The van der Waals surface area contributed by atoms with Crippen molar-refractivity contribution in [2.75, 3.05) is 0 Å². The summed E-state index contributed by atoms with van der Waals surface area (Å²) in [6.45, 7) is 0. The van der Waals surface area contributed by atoms with E-state index in [4.69, 9.17) is 20.4 Å². The molecule has 0 radical (unpaired) electrons. The van der Waals surface area contributed by atoms with Crippen LogP contribution in [0, 0.1) is 0 Å². The fourth-order valence-corrected chi connectivity index (χ4v) is 0.714. The van der Waals surface area contributed by atoms with Gasteiger partial charge in [-0.15, -0.1) is 0 Å². The van der Waals surface area contributed by atoms with Crippen molar-refractivity contribution in [2.45, 2.75) is 18.4 Å². The predicted octanol–water partition coefficient (Wildman–Crippen LogP) is -2.90. The Kier molecular flexibility index (Phi) is 13.9. The molecule has 0 saturated carbocycles. The molecule has 0 amide bonds. The van der Waals surface area contributed by atoms with Crippen LogP contribution in [-0.4, -0.2) is 54.9 Å². The summed E-state index contributed by atoms with van der Waals surface area (Å²) < 4.78 is 0. The van der Waals surface area contributed by atoms with E-state index in [-0.39, 0.29) is 30.4 Å². The number of hydrogen-bond acceptors (Lipinski definition) is 4. The van der Waals surface area contributed by atoms with Gasteiger partial charge in [-0.05, 0) is 0 Å². The molecule has 92 valence electrons. The third-order valence-corrected chi connectivity index (χ3v) is 1.29. The molecule has 0 spiro atoms. The van der Waals surface area contributed by atoms with Gasteiger partial charge in [-0.1, -0.05) is 0 Å². The normalized spacial score (nSPS) is 8.81. The Morgan fingerprint density at radius 2 is 1.12 bits per heavy atom. The van der Waals surface area contributed by atoms with Crippen molar-refractivity contribution in [3.8, 4) is 0 Å². The van der Waals surface area contributed by atoms with E-state index < -0.39 is 36.4 Å². The van der Waals surface area contributed by atoms with Crippen molar-refractivity contribution in [2.24, 2.45) is 0 Å². The van der Waals surface area contributed by atoms with E-state index in [2.05, 4.69) is 0 Å². The summed E-state index contributed by atoms with van der Waals surface area (Å²) in [7, 11) is 0. The van der Waals surface area contributed by atoms with E-state index in [1.54, 1.807) is 0 Å². The van der Waals surface area contributed by atoms with Crippen LogP contribution in [-0.2, 0) is 33.9 Å². The predicted molar refractivity (Wildman–Crippen MR) is 44.3 cm³/mol. The number of rotatable bonds is 5. The van der Waals surface area contributed by atoms with Gasteiger partial charge in [-0.2, -0.15) is 0 Å². The minimum atomic E-state index is -2.74. The average Bonchev–Trinajstić information content (AvgIpc) is 1.82. The van der Waals surface area contributed by atoms with Crippen LogP contribution in [0.4, 0.5) is 0 Å². The summed E-state index contributed by atoms with van der Waals surface area (Å²) in [5, 5.41) is 33.8. The van der Waals surface area contributed by atoms with Crippen LogP contribution in [0.1, 0.15) is 12.8 Å². The van der Waals surface area contributed by atoms with Crippen LogP contribution in [0.15, 0.2) is 0 Å². The molecule has 0 rings (SSSR count). The first-order chi connectivity index (χ1) is 5.78. The zero-order valence-electron chi connectivity index (χ0n) is 8.13. The van der Waals surface area contributed by atoms with E-state index in [9.17, 15) is 14.4 Å². The molecule has 0 aromatic rings. The maximum Gasteiger partial charge on any atom is 0.336 e. The van der Waals surface area contributed by atoms with Crippen molar-refractivity contribution in [1.29, 1.82) is 0 Å². The second kappa shape index (κ2) is 9.16. The standard InChI is InChI=1S/C6H8O7.2H2O.Zn/c7-3(8)1-6(13,5(11)12)2-4(9)10;;;/h13H,1-2H2,(H,7,8)(H,9,10)(H,11,12);2*1H2;. The average molecular weight is 294 g/mol. The van der Waals surface area contributed by atoms with Crippen LogP contribution in [0.25, 0.3) is 0 Å². The van der Waals surface area contributed by atoms with Crippen molar-refractivity contribution >= 4 is 17.9 Å². The monoisotopic (exact) mass is 292 g/mol. The second-order valence-corrected chi connectivity index (χ2v) is 2.48. The first kappa shape index (κ1) is 24.2. The fourth-order valence-electron chi connectivity index (χ4n) is 0.714. The fraction of sp³-hybridized carbons (Fsp3) is 0.500. The number of carbonyl (C=O) groups is 3. The van der Waals surface area contributed by atoms with Gasteiger partial charge in [0, 0.05) is 19.5 Å². The van der Waals surface area contributed by atoms with Gasteiger partial charge in [0.2, 0.25) is 0 Å². The summed E-state index contributed by atoms with van der Waals surface area (Å²) in [5.74, 6) is -5.02. The smallest absolute Gasteiger partial charge is 0.336 e. The van der Waals surface area contributed by atoms with Crippen molar-refractivity contribution < 1.29 is 65.2 Å². The molecular formula is C6H12O9Zn. The van der Waals surface area contributed by atoms with Crippen LogP contribution in [0.2, 0.25) is 0 Å². The van der Waals surface area contributed by atoms with E-state index in [0.29, 0.717) is 0 Å². The first-order valence-electron chi connectivity index (χ1n) is 3.17. The van der Waals surface area contributed by atoms with Crippen LogP contribution < -0.4 is 0 Å². The third-order valence-electron chi connectivity index (χ3n) is 1.29. The minimum Gasteiger partial charge on any atom is -0.481 e. The second-order valence-electron chi connectivity index (χ2n) is 2.48. The summed E-state index contributed by atoms with van der Waals surface area (Å²) in [4.78, 5) is 30.5. The van der Waals surface area contributed by atoms with Crippen LogP contribution in [0.3, 0.4) is 0 Å². The Bertz CT molecular complexity index is 234. The van der Waals surface area contributed by atoms with Gasteiger partial charge in [-0.3, -0.25) is 9.59 Å². The van der Waals surface area contributed by atoms with Gasteiger partial charge >= 0.3 is 17.9 Å². The molecule has 0 atom stereocenters. The Balaban J connectivity index is -0.000000240. The molecule has 0 aromatic carbocycles. The van der Waals surface area contributed by atoms with Crippen molar-refractivity contribution in [1.82, 2.24) is 0 Å². The molecule has 0 aliphatic carbocycles. The summed E-state index contributed by atoms with van der Waals surface area (Å²) >= 11 is 0. The molecule has 0 bridgehead atoms. The molecule has 0 saturated heterocycles. The zero-order valence-corrected chi connectivity index (χ0v) is 11.1. The number of hydrogen-bond donors (Lipinski definition) is 4. The topological polar surface area (TPSA) is 195 Å². The Labute approximate surface area is 102 Å². The minimum absolute atomic E-state index is 0. The SMILES string of the molecule is O.O.O=C(O)CC(O)(CC(=O)O)C(=O)O.[Zn]. The van der Waals surface area contributed by atoms with Gasteiger partial charge in [0.25, 0.3) is 0 Å². The Morgan fingerprint density at radius 1 is 0.875 bits per heavy atom. The van der Waals surface area contributed by atoms with Gasteiger partial charge in [0.1, 0.15) is 0 Å². The quantitative estimate of drug-likeness (QED) is 0.390. The molecule has 10 heteroatoms. The van der Waals surface area contributed by atoms with Gasteiger partial charge < -0.3 is 31.4 Å². The molecule has 9 nitrogen and oxygen atoms in total. The van der Waals surface area contributed by atoms with E-state index in [0.717, 1.165) is 0 Å². The molecular weight excluding hydrogens is 281 g/mol. The molecule has 0 aliphatic rings. The molecule has 0 aliphatic heterocycles. The summed E-state index contributed by atoms with van der Waals surface area (Å²) in [5.41, 5.74) is -2.74. The van der Waals surface area contributed by atoms with Crippen LogP contribution >= 0.6 is 0 Å². The first-order valence-corrected chi connectivity index (χ1v) is 3.17. The largest absolute Gasteiger partial charge is 0.481 e. The molecule has 0 unspecified atom stereocenters. The van der Waals surface area contributed by atoms with Gasteiger partial charge in [-0.25, -0.2) is 4.79 Å². The Morgan fingerprint density at radius 3 is 1.25 bits per heavy atom. The van der Waals surface area contributed by atoms with Crippen molar-refractivity contribution in [3.05, 3.63) is 0 Å². The molecule has 8 N–H and O–H groups in total. The van der Waals surface area contributed by atoms with Crippen LogP contribution in [0.5, 0.6) is 0 Å². The maximum atomic E-state index is 10.3. The van der Waals surface area contributed by atoms with Gasteiger partial charge in [0.05, 0.1) is 12.8 Å². The molecule has 0 fully saturated rings. The Hall–Kier alpha value is -1.09. The van der Waals surface area contributed by atoms with E-state index in [1.807, 2.05) is 0 Å². The van der Waals surface area contributed by atoms with Gasteiger partial charge in [0.15, 0.2) is 5.60 Å². The summed E-state index contributed by atoms with van der Waals surface area (Å²) in [6.07, 6.45) is -2.29. The molecule has 16 heavy (non-hydrogen) atoms. The molecule has 0 aromatic heterocycles. The van der Waals surface area contributed by atoms with Crippen molar-refractivity contribution in [3.63, 3.8) is 0 Å². The summed E-state index contributed by atoms with van der Waals surface area (Å²) in [6, 6.07) is 0. The number of aliphatic hydroxyl groups is 1. The molecule has 0 heterocycles. The van der Waals surface area contributed by atoms with E-state index in [1.165, 1.54) is 0 Å². The zero-order chi connectivity index (χ0) is 10.6. The number of carboxylic acid groups (broad SMARTS) is 3. The number of aliphatic carboxylic acids is 3.